The lowest BCUT2D eigenvalue weighted by Gasteiger charge is -2.12. The largest absolute Gasteiger partial charge is 0.478 e. The van der Waals surface area contributed by atoms with Gasteiger partial charge in [-0.15, -0.1) is 0 Å². The molecule has 0 atom stereocenters. The number of nitrogens with one attached hydrogen (secondary N) is 2. The maximum Gasteiger partial charge on any atom is 0.218 e. The quantitative estimate of drug-likeness (QED) is 0.369. The number of pyridine rings is 1. The highest BCUT2D eigenvalue weighted by Gasteiger charge is 2.04. The second kappa shape index (κ2) is 12.6. The highest BCUT2D eigenvalue weighted by Crippen LogP contribution is 2.15. The average molecular weight is 336 g/mol. The van der Waals surface area contributed by atoms with Crippen LogP contribution in [0.4, 0.5) is 0 Å². The molecule has 1 aromatic heterocycles. The molecule has 1 aromatic rings. The molecule has 0 bridgehead atoms. The molecule has 0 amide bonds. The minimum atomic E-state index is 0.530. The number of hydrogen-bond donors (Lipinski definition) is 2. The number of nitrogens with zero attached hydrogens (tertiary/aromatic N) is 2. The fraction of sp³-hybridized carbons (Fsp3) is 0.667. The molecule has 0 saturated carbocycles. The zero-order valence-corrected chi connectivity index (χ0v) is 15.5. The van der Waals surface area contributed by atoms with Crippen molar-refractivity contribution in [2.75, 3.05) is 32.9 Å². The Labute approximate surface area is 146 Å². The fourth-order valence-corrected chi connectivity index (χ4v) is 2.02. The Kier molecular flexibility index (Phi) is 10.6. The second-order valence-electron chi connectivity index (χ2n) is 5.84. The van der Waals surface area contributed by atoms with Gasteiger partial charge in [-0.1, -0.05) is 19.9 Å². The third kappa shape index (κ3) is 8.72. The van der Waals surface area contributed by atoms with Gasteiger partial charge in [0.05, 0.1) is 13.2 Å². The monoisotopic (exact) mass is 336 g/mol. The van der Waals surface area contributed by atoms with Gasteiger partial charge < -0.3 is 20.1 Å². The van der Waals surface area contributed by atoms with E-state index in [2.05, 4.69) is 41.4 Å². The summed E-state index contributed by atoms with van der Waals surface area (Å²) in [5, 5.41) is 6.58. The van der Waals surface area contributed by atoms with E-state index < -0.39 is 0 Å². The lowest BCUT2D eigenvalue weighted by Crippen LogP contribution is -2.38. The molecule has 0 saturated heterocycles. The number of ether oxygens (including phenoxy) is 2. The summed E-state index contributed by atoms with van der Waals surface area (Å²) >= 11 is 0. The minimum absolute atomic E-state index is 0.530. The molecule has 0 aliphatic carbocycles. The van der Waals surface area contributed by atoms with E-state index in [4.69, 9.17) is 9.47 Å². The van der Waals surface area contributed by atoms with Gasteiger partial charge in [0.25, 0.3) is 0 Å². The van der Waals surface area contributed by atoms with Crippen LogP contribution < -0.4 is 15.4 Å². The molecule has 136 valence electrons. The van der Waals surface area contributed by atoms with E-state index in [1.165, 1.54) is 0 Å². The number of guanidine groups is 1. The first-order chi connectivity index (χ1) is 11.7. The van der Waals surface area contributed by atoms with E-state index in [-0.39, 0.29) is 0 Å². The molecule has 0 unspecified atom stereocenters. The summed E-state index contributed by atoms with van der Waals surface area (Å²) in [5.41, 5.74) is 0.983. The first-order valence-electron chi connectivity index (χ1n) is 8.83. The van der Waals surface area contributed by atoms with Crippen molar-refractivity contribution in [1.82, 2.24) is 15.6 Å². The van der Waals surface area contributed by atoms with Crippen molar-refractivity contribution >= 4 is 5.96 Å². The number of hydrogen-bond acceptors (Lipinski definition) is 4. The summed E-state index contributed by atoms with van der Waals surface area (Å²) in [6.07, 6.45) is 2.69. The highest BCUT2D eigenvalue weighted by atomic mass is 16.5. The van der Waals surface area contributed by atoms with E-state index in [0.717, 1.165) is 44.2 Å². The molecule has 0 aliphatic rings. The molecular formula is C18H32N4O2. The molecule has 0 spiro atoms. The van der Waals surface area contributed by atoms with Crippen LogP contribution in [0.5, 0.6) is 5.88 Å². The maximum absolute atomic E-state index is 5.58. The van der Waals surface area contributed by atoms with Crippen molar-refractivity contribution in [3.05, 3.63) is 23.9 Å². The third-order valence-corrected chi connectivity index (χ3v) is 3.09. The summed E-state index contributed by atoms with van der Waals surface area (Å²) < 4.78 is 11.1. The first-order valence-corrected chi connectivity index (χ1v) is 8.83. The van der Waals surface area contributed by atoms with Gasteiger partial charge in [-0.3, -0.25) is 0 Å². The van der Waals surface area contributed by atoms with Crippen LogP contribution in [0.1, 0.15) is 39.7 Å². The SMILES string of the molecule is CCNC(=NCc1cccnc1OCC)NCCCOCC(C)C. The van der Waals surface area contributed by atoms with Gasteiger partial charge in [-0.25, -0.2) is 9.98 Å². The zero-order chi connectivity index (χ0) is 17.6. The molecule has 1 heterocycles. The second-order valence-corrected chi connectivity index (χ2v) is 5.84. The third-order valence-electron chi connectivity index (χ3n) is 3.09. The van der Waals surface area contributed by atoms with Crippen molar-refractivity contribution in [2.45, 2.75) is 40.7 Å². The topological polar surface area (TPSA) is 67.8 Å². The molecule has 2 N–H and O–H groups in total. The lowest BCUT2D eigenvalue weighted by molar-refractivity contribution is 0.108. The zero-order valence-electron chi connectivity index (χ0n) is 15.5. The van der Waals surface area contributed by atoms with Crippen molar-refractivity contribution < 1.29 is 9.47 Å². The van der Waals surface area contributed by atoms with Crippen LogP contribution in [-0.4, -0.2) is 43.9 Å². The van der Waals surface area contributed by atoms with Gasteiger partial charge in [0.2, 0.25) is 5.88 Å². The van der Waals surface area contributed by atoms with Crippen LogP contribution in [0, 0.1) is 5.92 Å². The average Bonchev–Trinajstić information content (AvgIpc) is 2.56. The number of aromatic nitrogens is 1. The summed E-state index contributed by atoms with van der Waals surface area (Å²) in [4.78, 5) is 8.86. The van der Waals surface area contributed by atoms with Gasteiger partial charge in [0, 0.05) is 38.1 Å². The minimum Gasteiger partial charge on any atom is -0.478 e. The lowest BCUT2D eigenvalue weighted by atomic mass is 10.2. The van der Waals surface area contributed by atoms with Gasteiger partial charge in [-0.05, 0) is 32.3 Å². The molecule has 0 fully saturated rings. The van der Waals surface area contributed by atoms with Gasteiger partial charge >= 0.3 is 0 Å². The van der Waals surface area contributed by atoms with Gasteiger partial charge in [-0.2, -0.15) is 0 Å². The van der Waals surface area contributed by atoms with Crippen LogP contribution in [0.2, 0.25) is 0 Å². The maximum atomic E-state index is 5.58. The van der Waals surface area contributed by atoms with E-state index in [1.54, 1.807) is 6.20 Å². The molecule has 0 radical (unpaired) electrons. The smallest absolute Gasteiger partial charge is 0.218 e. The standard InChI is InChI=1S/C18H32N4O2/c1-5-19-18(21-11-8-12-23-14-15(3)4)22-13-16-9-7-10-20-17(16)24-6-2/h7,9-10,15H,5-6,8,11-14H2,1-4H3,(H2,19,21,22). The predicted molar refractivity (Wildman–Crippen MR) is 98.5 cm³/mol. The molecule has 0 aliphatic heterocycles. The Balaban J connectivity index is 2.45. The van der Waals surface area contributed by atoms with Crippen molar-refractivity contribution in [3.8, 4) is 5.88 Å². The normalized spacial score (nSPS) is 11.6. The van der Waals surface area contributed by atoms with E-state index in [1.807, 2.05) is 19.1 Å². The van der Waals surface area contributed by atoms with Crippen molar-refractivity contribution in [3.63, 3.8) is 0 Å². The molecule has 24 heavy (non-hydrogen) atoms. The van der Waals surface area contributed by atoms with Gasteiger partial charge in [0.1, 0.15) is 0 Å². The van der Waals surface area contributed by atoms with Crippen LogP contribution in [0.3, 0.4) is 0 Å². The van der Waals surface area contributed by atoms with Crippen LogP contribution in [-0.2, 0) is 11.3 Å². The van der Waals surface area contributed by atoms with Crippen LogP contribution in [0.15, 0.2) is 23.3 Å². The summed E-state index contributed by atoms with van der Waals surface area (Å²) in [5.74, 6) is 2.03. The number of rotatable bonds is 11. The summed E-state index contributed by atoms with van der Waals surface area (Å²) in [6.45, 7) is 12.7. The van der Waals surface area contributed by atoms with Crippen LogP contribution in [0.25, 0.3) is 0 Å². The Bertz CT molecular complexity index is 478. The Morgan fingerprint density at radius 1 is 1.29 bits per heavy atom. The Morgan fingerprint density at radius 2 is 2.12 bits per heavy atom. The van der Waals surface area contributed by atoms with E-state index in [9.17, 15) is 0 Å². The summed E-state index contributed by atoms with van der Waals surface area (Å²) in [6, 6.07) is 3.89. The molecular weight excluding hydrogens is 304 g/mol. The van der Waals surface area contributed by atoms with E-state index >= 15 is 0 Å². The Morgan fingerprint density at radius 3 is 2.83 bits per heavy atom. The molecule has 6 nitrogen and oxygen atoms in total. The predicted octanol–water partition coefficient (Wildman–Crippen LogP) is 2.60. The van der Waals surface area contributed by atoms with E-state index in [0.29, 0.717) is 24.9 Å². The Hall–Kier alpha value is -1.82. The summed E-state index contributed by atoms with van der Waals surface area (Å²) in [7, 11) is 0. The van der Waals surface area contributed by atoms with Crippen molar-refractivity contribution in [1.29, 1.82) is 0 Å². The first kappa shape index (κ1) is 20.2. The molecule has 6 heteroatoms. The highest BCUT2D eigenvalue weighted by molar-refractivity contribution is 5.79. The molecule has 0 aromatic carbocycles. The fourth-order valence-electron chi connectivity index (χ4n) is 2.02. The van der Waals surface area contributed by atoms with Crippen LogP contribution >= 0.6 is 0 Å². The van der Waals surface area contributed by atoms with Crippen molar-refractivity contribution in [2.24, 2.45) is 10.9 Å². The number of aliphatic imine (C=N–C) groups is 1. The van der Waals surface area contributed by atoms with Gasteiger partial charge in [0.15, 0.2) is 5.96 Å². The molecule has 1 rings (SSSR count).